The molecule has 1 fully saturated rings. The van der Waals surface area contributed by atoms with Gasteiger partial charge in [-0.1, -0.05) is 62.4 Å². The van der Waals surface area contributed by atoms with Crippen molar-refractivity contribution in [1.82, 2.24) is 4.90 Å². The summed E-state index contributed by atoms with van der Waals surface area (Å²) >= 11 is 0. The molecule has 3 nitrogen and oxygen atoms in total. The van der Waals surface area contributed by atoms with Crippen LogP contribution in [-0.2, 0) is 16.4 Å². The zero-order valence-electron chi connectivity index (χ0n) is 17.5. The van der Waals surface area contributed by atoms with E-state index in [0.717, 1.165) is 24.5 Å². The number of rotatable bonds is 5. The largest absolute Gasteiger partial charge is 0.416 e. The fourth-order valence-electron chi connectivity index (χ4n) is 4.32. The number of benzene rings is 2. The topological polar surface area (TPSA) is 46.3 Å². The highest BCUT2D eigenvalue weighted by molar-refractivity contribution is 5.77. The maximum Gasteiger partial charge on any atom is 0.416 e. The van der Waals surface area contributed by atoms with E-state index in [2.05, 4.69) is 0 Å². The van der Waals surface area contributed by atoms with Gasteiger partial charge in [0.1, 0.15) is 0 Å². The molecular weight excluding hydrogens is 389 g/mol. The summed E-state index contributed by atoms with van der Waals surface area (Å²) in [6, 6.07) is 14.8. The number of carbonyl (C=O) groups excluding carboxylic acids is 1. The zero-order chi connectivity index (χ0) is 21.9. The molecule has 1 aliphatic heterocycles. The predicted molar refractivity (Wildman–Crippen MR) is 112 cm³/mol. The monoisotopic (exact) mass is 418 g/mol. The number of piperidine rings is 1. The third-order valence-electron chi connectivity index (χ3n) is 6.42. The molecule has 1 atom stereocenters. The van der Waals surface area contributed by atoms with Gasteiger partial charge in [-0.25, -0.2) is 0 Å². The van der Waals surface area contributed by atoms with Crippen molar-refractivity contribution in [1.29, 1.82) is 0 Å². The lowest BCUT2D eigenvalue weighted by Gasteiger charge is -2.41. The Kier molecular flexibility index (Phi) is 6.56. The summed E-state index contributed by atoms with van der Waals surface area (Å²) in [5, 5.41) is 0. The first-order chi connectivity index (χ1) is 14.1. The van der Waals surface area contributed by atoms with Gasteiger partial charge in [-0.15, -0.1) is 0 Å². The van der Waals surface area contributed by atoms with Crippen LogP contribution in [0.25, 0.3) is 0 Å². The van der Waals surface area contributed by atoms with Gasteiger partial charge < -0.3 is 10.6 Å². The molecule has 2 N–H and O–H groups in total. The Labute approximate surface area is 176 Å². The molecule has 0 spiro atoms. The van der Waals surface area contributed by atoms with E-state index in [1.54, 1.807) is 6.07 Å². The summed E-state index contributed by atoms with van der Waals surface area (Å²) in [4.78, 5) is 14.5. The van der Waals surface area contributed by atoms with E-state index < -0.39 is 17.2 Å². The van der Waals surface area contributed by atoms with Crippen molar-refractivity contribution in [3.05, 3.63) is 71.3 Å². The van der Waals surface area contributed by atoms with Crippen LogP contribution < -0.4 is 5.73 Å². The van der Waals surface area contributed by atoms with Crippen molar-refractivity contribution in [2.75, 3.05) is 13.1 Å². The van der Waals surface area contributed by atoms with Crippen molar-refractivity contribution in [2.24, 2.45) is 11.7 Å². The number of amides is 1. The minimum absolute atomic E-state index is 0.0293. The van der Waals surface area contributed by atoms with Crippen molar-refractivity contribution >= 4 is 5.91 Å². The lowest BCUT2D eigenvalue weighted by Crippen LogP contribution is -2.44. The van der Waals surface area contributed by atoms with Gasteiger partial charge >= 0.3 is 6.18 Å². The molecule has 1 saturated heterocycles. The fourth-order valence-corrected chi connectivity index (χ4v) is 4.32. The molecule has 6 heteroatoms. The highest BCUT2D eigenvalue weighted by Crippen LogP contribution is 2.40. The number of hydrogen-bond acceptors (Lipinski definition) is 2. The molecule has 0 unspecified atom stereocenters. The van der Waals surface area contributed by atoms with Gasteiger partial charge in [-0.05, 0) is 41.4 Å². The van der Waals surface area contributed by atoms with Gasteiger partial charge in [0.2, 0.25) is 5.91 Å². The predicted octanol–water partition coefficient (Wildman–Crippen LogP) is 5.31. The number of likely N-dealkylation sites (tertiary alicyclic amines) is 1. The third-order valence-corrected chi connectivity index (χ3v) is 6.42. The van der Waals surface area contributed by atoms with Crippen molar-refractivity contribution < 1.29 is 18.0 Å². The van der Waals surface area contributed by atoms with Crippen LogP contribution in [0.4, 0.5) is 13.2 Å². The van der Waals surface area contributed by atoms with E-state index in [4.69, 9.17) is 5.73 Å². The standard InChI is InChI=1S/C24H29F3N2O/c1-23(2,19-9-6-10-20(15-19)24(25,26)27)18-11-13-29(14-12-18)22(30)16-21(28)17-7-4-3-5-8-17/h3-10,15,18,21H,11-14,16,28H2,1-2H3/t21-/m1/s1. The lowest BCUT2D eigenvalue weighted by atomic mass is 9.69. The molecule has 0 bridgehead atoms. The Morgan fingerprint density at radius 3 is 2.23 bits per heavy atom. The molecule has 3 rings (SSSR count). The van der Waals surface area contributed by atoms with Crippen molar-refractivity contribution in [3.8, 4) is 0 Å². The average Bonchev–Trinajstić information content (AvgIpc) is 2.74. The smallest absolute Gasteiger partial charge is 0.343 e. The van der Waals surface area contributed by atoms with Gasteiger partial charge in [0.25, 0.3) is 0 Å². The van der Waals surface area contributed by atoms with Crippen LogP contribution in [0.5, 0.6) is 0 Å². The number of carbonyl (C=O) groups is 1. The van der Waals surface area contributed by atoms with Crippen LogP contribution in [0, 0.1) is 5.92 Å². The maximum absolute atomic E-state index is 13.1. The Hall–Kier alpha value is -2.34. The molecule has 162 valence electrons. The normalized spacial score (nSPS) is 17.1. The molecule has 30 heavy (non-hydrogen) atoms. The van der Waals surface area contributed by atoms with Crippen LogP contribution >= 0.6 is 0 Å². The second kappa shape index (κ2) is 8.80. The summed E-state index contributed by atoms with van der Waals surface area (Å²) in [6.45, 7) is 5.20. The van der Waals surface area contributed by atoms with E-state index in [-0.39, 0.29) is 24.3 Å². The summed E-state index contributed by atoms with van der Waals surface area (Å²) < 4.78 is 39.3. The third kappa shape index (κ3) is 5.04. The van der Waals surface area contributed by atoms with Crippen LogP contribution in [0.1, 0.15) is 55.8 Å². The summed E-state index contributed by atoms with van der Waals surface area (Å²) in [5.74, 6) is 0.231. The van der Waals surface area contributed by atoms with Gasteiger partial charge in [0, 0.05) is 25.6 Å². The number of halogens is 3. The van der Waals surface area contributed by atoms with E-state index in [0.29, 0.717) is 18.7 Å². The Balaban J connectivity index is 1.61. The molecule has 0 aromatic heterocycles. The highest BCUT2D eigenvalue weighted by Gasteiger charge is 2.37. The van der Waals surface area contributed by atoms with Gasteiger partial charge in [0.15, 0.2) is 0 Å². The molecule has 0 saturated carbocycles. The summed E-state index contributed by atoms with van der Waals surface area (Å²) in [7, 11) is 0. The van der Waals surface area contributed by atoms with Crippen molar-refractivity contribution in [2.45, 2.75) is 50.7 Å². The first-order valence-electron chi connectivity index (χ1n) is 10.3. The average molecular weight is 419 g/mol. The molecule has 2 aromatic carbocycles. The Bertz CT molecular complexity index is 856. The first kappa shape index (κ1) is 22.3. The molecular formula is C24H29F3N2O. The number of hydrogen-bond donors (Lipinski definition) is 1. The fraction of sp³-hybridized carbons (Fsp3) is 0.458. The minimum Gasteiger partial charge on any atom is -0.343 e. The Morgan fingerprint density at radius 1 is 1.03 bits per heavy atom. The molecule has 1 heterocycles. The minimum atomic E-state index is -4.35. The SMILES string of the molecule is CC(C)(c1cccc(C(F)(F)F)c1)C1CCN(C(=O)C[C@@H](N)c2ccccc2)CC1. The zero-order valence-corrected chi connectivity index (χ0v) is 17.5. The van der Waals surface area contributed by atoms with E-state index in [9.17, 15) is 18.0 Å². The summed E-state index contributed by atoms with van der Waals surface area (Å²) in [6.07, 6.45) is -2.57. The van der Waals surface area contributed by atoms with Crippen LogP contribution in [0.3, 0.4) is 0 Å². The molecule has 1 amide bonds. The van der Waals surface area contributed by atoms with Gasteiger partial charge in [0.05, 0.1) is 5.56 Å². The van der Waals surface area contributed by atoms with E-state index in [1.165, 1.54) is 12.1 Å². The highest BCUT2D eigenvalue weighted by atomic mass is 19.4. The molecule has 2 aromatic rings. The van der Waals surface area contributed by atoms with Crippen LogP contribution in [0.2, 0.25) is 0 Å². The Morgan fingerprint density at radius 2 is 1.63 bits per heavy atom. The molecule has 0 aliphatic carbocycles. The second-order valence-corrected chi connectivity index (χ2v) is 8.68. The van der Waals surface area contributed by atoms with Crippen LogP contribution in [0.15, 0.2) is 54.6 Å². The summed E-state index contributed by atoms with van der Waals surface area (Å²) in [5.41, 5.74) is 6.79. The maximum atomic E-state index is 13.1. The number of nitrogens with two attached hydrogens (primary N) is 1. The molecule has 0 radical (unpaired) electrons. The van der Waals surface area contributed by atoms with E-state index in [1.807, 2.05) is 49.1 Å². The van der Waals surface area contributed by atoms with E-state index >= 15 is 0 Å². The second-order valence-electron chi connectivity index (χ2n) is 8.68. The van der Waals surface area contributed by atoms with Crippen molar-refractivity contribution in [3.63, 3.8) is 0 Å². The van der Waals surface area contributed by atoms with Crippen LogP contribution in [-0.4, -0.2) is 23.9 Å². The van der Waals surface area contributed by atoms with Gasteiger partial charge in [-0.2, -0.15) is 13.2 Å². The quantitative estimate of drug-likeness (QED) is 0.715. The molecule has 1 aliphatic rings. The van der Waals surface area contributed by atoms with Gasteiger partial charge in [-0.3, -0.25) is 4.79 Å². The number of alkyl halides is 3. The lowest BCUT2D eigenvalue weighted by molar-refractivity contribution is -0.138. The number of nitrogens with zero attached hydrogens (tertiary/aromatic N) is 1. The first-order valence-corrected chi connectivity index (χ1v) is 10.3.